The van der Waals surface area contributed by atoms with E-state index in [1.54, 1.807) is 30.1 Å². The summed E-state index contributed by atoms with van der Waals surface area (Å²) in [7, 11) is 3.51. The smallest absolute Gasteiger partial charge is 0.319 e. The maximum absolute atomic E-state index is 12.3. The molecule has 0 unspecified atom stereocenters. The summed E-state index contributed by atoms with van der Waals surface area (Å²) in [5, 5.41) is 0. The molecule has 1 aromatic rings. The Labute approximate surface area is 124 Å². The summed E-state index contributed by atoms with van der Waals surface area (Å²) in [6, 6.07) is 5.61. The van der Waals surface area contributed by atoms with E-state index in [-0.39, 0.29) is 17.4 Å². The first-order valence-corrected chi connectivity index (χ1v) is 7.18. The molecule has 21 heavy (non-hydrogen) atoms. The molecule has 6 nitrogen and oxygen atoms in total. The number of carbonyl (C=O) groups is 2. The molecule has 0 radical (unpaired) electrons. The van der Waals surface area contributed by atoms with Gasteiger partial charge in [0, 0.05) is 51.8 Å². The maximum Gasteiger partial charge on any atom is 0.319 e. The van der Waals surface area contributed by atoms with Crippen LogP contribution in [0.1, 0.15) is 12.8 Å². The topological polar surface area (TPSA) is 56.8 Å². The zero-order valence-corrected chi connectivity index (χ0v) is 12.5. The van der Waals surface area contributed by atoms with Crippen molar-refractivity contribution in [2.45, 2.75) is 12.8 Å². The van der Waals surface area contributed by atoms with Crippen LogP contribution in [0.2, 0.25) is 0 Å². The van der Waals surface area contributed by atoms with Gasteiger partial charge < -0.3 is 9.80 Å². The van der Waals surface area contributed by atoms with E-state index in [9.17, 15) is 9.59 Å². The molecule has 2 aliphatic rings. The van der Waals surface area contributed by atoms with E-state index in [0.717, 1.165) is 13.0 Å². The minimum absolute atomic E-state index is 0.0237. The molecular formula is C15H20N4O2. The molecule has 3 amide bonds. The highest BCUT2D eigenvalue weighted by molar-refractivity contribution is 5.95. The van der Waals surface area contributed by atoms with Gasteiger partial charge in [0.05, 0.1) is 0 Å². The Morgan fingerprint density at radius 2 is 2.14 bits per heavy atom. The van der Waals surface area contributed by atoms with Gasteiger partial charge in [-0.25, -0.2) is 9.78 Å². The summed E-state index contributed by atoms with van der Waals surface area (Å²) in [5.41, 5.74) is -0.111. The molecule has 2 fully saturated rings. The van der Waals surface area contributed by atoms with Gasteiger partial charge in [-0.3, -0.25) is 9.69 Å². The second kappa shape index (κ2) is 5.02. The normalized spacial score (nSPS) is 25.0. The van der Waals surface area contributed by atoms with Gasteiger partial charge in [0.1, 0.15) is 5.82 Å². The van der Waals surface area contributed by atoms with Crippen LogP contribution in [-0.2, 0) is 4.79 Å². The highest BCUT2D eigenvalue weighted by Gasteiger charge is 2.49. The maximum atomic E-state index is 12.3. The average molecular weight is 288 g/mol. The van der Waals surface area contributed by atoms with Crippen LogP contribution < -0.4 is 4.90 Å². The van der Waals surface area contributed by atoms with Crippen molar-refractivity contribution in [3.8, 4) is 0 Å². The number of carbonyl (C=O) groups excluding carboxylic acids is 2. The first kappa shape index (κ1) is 13.9. The summed E-state index contributed by atoms with van der Waals surface area (Å²) >= 11 is 0. The van der Waals surface area contributed by atoms with Gasteiger partial charge in [0.25, 0.3) is 0 Å². The lowest BCUT2D eigenvalue weighted by Gasteiger charge is -2.25. The van der Waals surface area contributed by atoms with Gasteiger partial charge in [-0.1, -0.05) is 6.07 Å². The lowest BCUT2D eigenvalue weighted by atomic mass is 9.86. The highest BCUT2D eigenvalue weighted by atomic mass is 16.2. The molecule has 0 bridgehead atoms. The summed E-state index contributed by atoms with van der Waals surface area (Å²) in [6.07, 6.45) is 3.08. The second-order valence-electron chi connectivity index (χ2n) is 6.19. The summed E-state index contributed by atoms with van der Waals surface area (Å²) in [5.74, 6) is 0.810. The number of anilines is 1. The zero-order chi connectivity index (χ0) is 15.0. The predicted octanol–water partition coefficient (Wildman–Crippen LogP) is 1.19. The standard InChI is InChI=1S/C15H20N4O2/c1-17(2)14(21)18-8-6-15(10-18)9-13(20)19(11-15)12-5-3-4-7-16-12/h3-5,7H,6,8-11H2,1-2H3/t15-/m0/s1. The Morgan fingerprint density at radius 3 is 2.81 bits per heavy atom. The fourth-order valence-corrected chi connectivity index (χ4v) is 3.27. The van der Waals surface area contributed by atoms with E-state index < -0.39 is 0 Å². The first-order valence-electron chi connectivity index (χ1n) is 7.18. The first-order chi connectivity index (χ1) is 10.0. The zero-order valence-electron chi connectivity index (χ0n) is 12.5. The number of urea groups is 1. The SMILES string of the molecule is CN(C)C(=O)N1CC[C@]2(CC(=O)N(c3ccccn3)C2)C1. The van der Waals surface area contributed by atoms with Crippen molar-refractivity contribution in [1.29, 1.82) is 0 Å². The van der Waals surface area contributed by atoms with E-state index in [4.69, 9.17) is 0 Å². The van der Waals surface area contributed by atoms with Crippen LogP contribution >= 0.6 is 0 Å². The third-order valence-electron chi connectivity index (χ3n) is 4.34. The number of hydrogen-bond donors (Lipinski definition) is 0. The third-order valence-corrected chi connectivity index (χ3v) is 4.34. The lowest BCUT2D eigenvalue weighted by Crippen LogP contribution is -2.39. The molecule has 3 rings (SSSR count). The van der Waals surface area contributed by atoms with Crippen LogP contribution in [-0.4, -0.2) is 60.5 Å². The Kier molecular flexibility index (Phi) is 3.31. The predicted molar refractivity (Wildman–Crippen MR) is 78.9 cm³/mol. The van der Waals surface area contributed by atoms with Gasteiger partial charge in [-0.15, -0.1) is 0 Å². The highest BCUT2D eigenvalue weighted by Crippen LogP contribution is 2.41. The Hall–Kier alpha value is -2.11. The molecule has 0 saturated carbocycles. The van der Waals surface area contributed by atoms with Gasteiger partial charge in [-0.05, 0) is 18.6 Å². The molecule has 0 aromatic carbocycles. The van der Waals surface area contributed by atoms with Crippen molar-refractivity contribution in [2.24, 2.45) is 5.41 Å². The van der Waals surface area contributed by atoms with Crippen molar-refractivity contribution in [3.63, 3.8) is 0 Å². The number of hydrogen-bond acceptors (Lipinski definition) is 3. The minimum atomic E-state index is -0.111. The summed E-state index contributed by atoms with van der Waals surface area (Å²) in [4.78, 5) is 33.8. The quantitative estimate of drug-likeness (QED) is 0.780. The number of amides is 3. The van der Waals surface area contributed by atoms with Crippen molar-refractivity contribution >= 4 is 17.8 Å². The molecule has 3 heterocycles. The Morgan fingerprint density at radius 1 is 1.33 bits per heavy atom. The van der Waals surface area contributed by atoms with Crippen LogP contribution in [0.3, 0.4) is 0 Å². The van der Waals surface area contributed by atoms with Crippen LogP contribution in [0.15, 0.2) is 24.4 Å². The fraction of sp³-hybridized carbons (Fsp3) is 0.533. The Balaban J connectivity index is 1.75. The third kappa shape index (κ3) is 2.46. The van der Waals surface area contributed by atoms with Crippen LogP contribution in [0.5, 0.6) is 0 Å². The van der Waals surface area contributed by atoms with Crippen molar-refractivity contribution in [2.75, 3.05) is 38.6 Å². The van der Waals surface area contributed by atoms with Crippen LogP contribution in [0, 0.1) is 5.41 Å². The molecule has 0 N–H and O–H groups in total. The molecule has 2 aliphatic heterocycles. The molecule has 6 heteroatoms. The molecule has 112 valence electrons. The fourth-order valence-electron chi connectivity index (χ4n) is 3.27. The van der Waals surface area contributed by atoms with E-state index in [2.05, 4.69) is 4.98 Å². The Bertz CT molecular complexity index is 560. The summed E-state index contributed by atoms with van der Waals surface area (Å²) in [6.45, 7) is 2.03. The number of likely N-dealkylation sites (tertiary alicyclic amines) is 1. The van der Waals surface area contributed by atoms with E-state index in [1.165, 1.54) is 0 Å². The largest absolute Gasteiger partial charge is 0.331 e. The molecule has 1 aromatic heterocycles. The van der Waals surface area contributed by atoms with Crippen molar-refractivity contribution in [1.82, 2.24) is 14.8 Å². The number of nitrogens with zero attached hydrogens (tertiary/aromatic N) is 4. The van der Waals surface area contributed by atoms with E-state index in [0.29, 0.717) is 25.3 Å². The lowest BCUT2D eigenvalue weighted by molar-refractivity contribution is -0.117. The van der Waals surface area contributed by atoms with E-state index >= 15 is 0 Å². The molecular weight excluding hydrogens is 268 g/mol. The number of rotatable bonds is 1. The number of pyridine rings is 1. The molecule has 1 spiro atoms. The van der Waals surface area contributed by atoms with Crippen LogP contribution in [0.4, 0.5) is 10.6 Å². The van der Waals surface area contributed by atoms with E-state index in [1.807, 2.05) is 23.1 Å². The van der Waals surface area contributed by atoms with Gasteiger partial charge in [0.2, 0.25) is 5.91 Å². The summed E-state index contributed by atoms with van der Waals surface area (Å²) < 4.78 is 0. The van der Waals surface area contributed by atoms with Crippen molar-refractivity contribution in [3.05, 3.63) is 24.4 Å². The second-order valence-corrected chi connectivity index (χ2v) is 6.19. The van der Waals surface area contributed by atoms with Gasteiger partial charge in [-0.2, -0.15) is 0 Å². The van der Waals surface area contributed by atoms with Crippen molar-refractivity contribution < 1.29 is 9.59 Å². The van der Waals surface area contributed by atoms with Gasteiger partial charge in [0.15, 0.2) is 0 Å². The number of aromatic nitrogens is 1. The monoisotopic (exact) mass is 288 g/mol. The molecule has 1 atom stereocenters. The minimum Gasteiger partial charge on any atom is -0.331 e. The molecule has 0 aliphatic carbocycles. The molecule has 2 saturated heterocycles. The average Bonchev–Trinajstić information content (AvgIpc) is 3.03. The van der Waals surface area contributed by atoms with Gasteiger partial charge >= 0.3 is 6.03 Å². The van der Waals surface area contributed by atoms with Crippen LogP contribution in [0.25, 0.3) is 0 Å².